The van der Waals surface area contributed by atoms with E-state index in [1.54, 1.807) is 0 Å². The van der Waals surface area contributed by atoms with Crippen LogP contribution in [0.4, 0.5) is 0 Å². The molecule has 510 valence electrons. The Morgan fingerprint density at radius 2 is 0.989 bits per heavy atom. The van der Waals surface area contributed by atoms with Crippen LogP contribution in [0.25, 0.3) is 0 Å². The molecule has 0 spiro atoms. The van der Waals surface area contributed by atoms with E-state index in [4.69, 9.17) is 56.8 Å². The Hall–Kier alpha value is -1.79. The van der Waals surface area contributed by atoms with E-state index in [-0.39, 0.29) is 46.2 Å². The molecule has 0 bridgehead atoms. The highest BCUT2D eigenvalue weighted by molar-refractivity contribution is 5.76. The summed E-state index contributed by atoms with van der Waals surface area (Å²) in [6.07, 6.45) is -31.4. The van der Waals surface area contributed by atoms with Crippen molar-refractivity contribution >= 4 is 5.97 Å². The van der Waals surface area contributed by atoms with Gasteiger partial charge in [-0.1, -0.05) is 60.1 Å². The van der Waals surface area contributed by atoms with E-state index in [9.17, 15) is 76.3 Å². The number of carboxylic acids is 1. The molecular formula is C62H100O27. The molecule has 11 rings (SSSR count). The quantitative estimate of drug-likeness (QED) is 0.0760. The number of fused-ring (bicyclic) bond motifs is 7. The zero-order valence-corrected chi connectivity index (χ0v) is 52.4. The number of hydrogen-bond donors (Lipinski definition) is 14. The highest BCUT2D eigenvalue weighted by Crippen LogP contribution is 2.76. The molecule has 6 saturated heterocycles. The van der Waals surface area contributed by atoms with Gasteiger partial charge in [0.05, 0.1) is 50.2 Å². The Kier molecular flexibility index (Phi) is 19.5. The minimum absolute atomic E-state index is 0.0125. The largest absolute Gasteiger partial charge is 0.481 e. The molecule has 0 aromatic heterocycles. The number of hydrogen-bond acceptors (Lipinski definition) is 26. The van der Waals surface area contributed by atoms with Crippen molar-refractivity contribution in [2.45, 2.75) is 292 Å². The van der Waals surface area contributed by atoms with Crippen LogP contribution >= 0.6 is 0 Å². The summed E-state index contributed by atoms with van der Waals surface area (Å²) in [4.78, 5) is 13.2. The molecule has 0 amide bonds. The summed E-state index contributed by atoms with van der Waals surface area (Å²) >= 11 is 0. The highest BCUT2D eigenvalue weighted by Gasteiger charge is 2.70. The van der Waals surface area contributed by atoms with Crippen molar-refractivity contribution < 1.29 is 133 Å². The minimum Gasteiger partial charge on any atom is -0.481 e. The van der Waals surface area contributed by atoms with Crippen LogP contribution in [-0.4, -0.2) is 270 Å². The van der Waals surface area contributed by atoms with Crippen molar-refractivity contribution in [1.82, 2.24) is 0 Å². The summed E-state index contributed by atoms with van der Waals surface area (Å²) in [5.41, 5.74) is 0.0341. The molecule has 14 N–H and O–H groups in total. The Balaban J connectivity index is 0.698. The molecule has 0 radical (unpaired) electrons. The number of rotatable bonds is 13. The van der Waals surface area contributed by atoms with Crippen LogP contribution in [0.5, 0.6) is 0 Å². The lowest BCUT2D eigenvalue weighted by Gasteiger charge is -2.71. The molecule has 34 atom stereocenters. The first-order valence-electron chi connectivity index (χ1n) is 32.2. The van der Waals surface area contributed by atoms with E-state index >= 15 is 0 Å². The fraction of sp³-hybridized carbons (Fsp3) is 0.952. The molecule has 5 aliphatic carbocycles. The molecule has 11 aliphatic rings. The van der Waals surface area contributed by atoms with Gasteiger partial charge >= 0.3 is 5.97 Å². The Morgan fingerprint density at radius 3 is 1.63 bits per heavy atom. The normalized spacial score (nSPS) is 55.0. The average molecular weight is 1280 g/mol. The standard InChI is InChI=1S/C62H100O27/c1-25-36(66)40(70)49(89-50-41(71)38(68)29(63)21-78-50)55(83-25)87-47-31(65)23-80-53(44(47)74)88-48-37(67)26(2)82-54(45(48)75)84-32-24-81-51(42(72)39(32)69)86-46-30(64)22-79-52(43(46)73)85-35-13-14-59(7)33(58(35,5)6)12-15-61(9)34(59)11-10-27-28-20-57(3,4)16-18-62(28,56(76)77)19-17-60(27,61)8/h10,25-26,28-55,63-75H,11-24H2,1-9H3,(H,76,77). The molecular weight excluding hydrogens is 1180 g/mol. The van der Waals surface area contributed by atoms with Crippen molar-refractivity contribution in [3.8, 4) is 0 Å². The third kappa shape index (κ3) is 11.8. The van der Waals surface area contributed by atoms with Crippen molar-refractivity contribution in [2.24, 2.45) is 50.2 Å². The minimum atomic E-state index is -1.94. The number of ether oxygens (including phenoxy) is 12. The summed E-state index contributed by atoms with van der Waals surface area (Å²) in [5, 5.41) is 155. The maximum absolute atomic E-state index is 13.2. The first kappa shape index (κ1) is 68.6. The molecule has 27 nitrogen and oxygen atoms in total. The van der Waals surface area contributed by atoms with Crippen molar-refractivity contribution in [3.63, 3.8) is 0 Å². The molecule has 27 heteroatoms. The molecule has 0 aromatic rings. The fourth-order valence-corrected chi connectivity index (χ4v) is 18.4. The second-order valence-corrected chi connectivity index (χ2v) is 30.1. The zero-order valence-electron chi connectivity index (χ0n) is 52.4. The van der Waals surface area contributed by atoms with Gasteiger partial charge in [0.15, 0.2) is 37.7 Å². The number of aliphatic carboxylic acids is 1. The van der Waals surface area contributed by atoms with Crippen LogP contribution in [0.2, 0.25) is 0 Å². The van der Waals surface area contributed by atoms with Crippen molar-refractivity contribution in [1.29, 1.82) is 0 Å². The Bertz CT molecular complexity index is 2510. The SMILES string of the molecule is CC1OC(OC2C(O)COC(OC3C(O)C(C)OC(OC4COC(OC5C(O)COC(OC6CCC7(C)C(CCC8(C)C7CC=C7C9CC(C)(C)CCC9(C(=O)O)CCC78C)C6(C)C)C5O)C(O)C4O)C3O)C2O)C(OC2OCC(O)C(O)C2O)C(O)C1O. The molecule has 0 aromatic carbocycles. The molecule has 10 fully saturated rings. The lowest BCUT2D eigenvalue weighted by Crippen LogP contribution is -2.66. The Morgan fingerprint density at radius 1 is 0.472 bits per heavy atom. The topological polar surface area (TPSA) is 411 Å². The van der Waals surface area contributed by atoms with Gasteiger partial charge in [-0.15, -0.1) is 0 Å². The predicted molar refractivity (Wildman–Crippen MR) is 302 cm³/mol. The Labute approximate surface area is 518 Å². The van der Waals surface area contributed by atoms with E-state index < -0.39 is 196 Å². The number of aliphatic hydroxyl groups is 13. The van der Waals surface area contributed by atoms with Crippen molar-refractivity contribution in [2.75, 3.05) is 26.4 Å². The fourth-order valence-electron chi connectivity index (χ4n) is 18.4. The first-order valence-corrected chi connectivity index (χ1v) is 32.2. The highest BCUT2D eigenvalue weighted by atomic mass is 16.8. The zero-order chi connectivity index (χ0) is 64.6. The van der Waals surface area contributed by atoms with Crippen LogP contribution < -0.4 is 0 Å². The van der Waals surface area contributed by atoms with E-state index in [2.05, 4.69) is 54.5 Å². The second kappa shape index (κ2) is 25.3. The van der Waals surface area contributed by atoms with Gasteiger partial charge in [0.1, 0.15) is 110 Å². The van der Waals surface area contributed by atoms with Crippen LogP contribution in [0, 0.1) is 50.2 Å². The summed E-state index contributed by atoms with van der Waals surface area (Å²) in [5.74, 6) is -0.0708. The van der Waals surface area contributed by atoms with Gasteiger partial charge < -0.3 is 128 Å². The molecule has 6 aliphatic heterocycles. The lowest BCUT2D eigenvalue weighted by molar-refractivity contribution is -0.387. The molecule has 6 heterocycles. The predicted octanol–water partition coefficient (Wildman–Crippen LogP) is -1.21. The van der Waals surface area contributed by atoms with Gasteiger partial charge in [-0.3, -0.25) is 4.79 Å². The van der Waals surface area contributed by atoms with Crippen LogP contribution in [0.1, 0.15) is 127 Å². The summed E-state index contributed by atoms with van der Waals surface area (Å²) in [7, 11) is 0. The van der Waals surface area contributed by atoms with Gasteiger partial charge in [-0.05, 0) is 123 Å². The monoisotopic (exact) mass is 1280 g/mol. The average Bonchev–Trinajstić information content (AvgIpc) is 0.682. The van der Waals surface area contributed by atoms with Gasteiger partial charge in [-0.2, -0.15) is 0 Å². The number of carboxylic acid groups (broad SMARTS) is 1. The third-order valence-corrected chi connectivity index (χ3v) is 24.1. The maximum Gasteiger partial charge on any atom is 0.310 e. The second-order valence-electron chi connectivity index (χ2n) is 30.1. The van der Waals surface area contributed by atoms with E-state index in [1.807, 2.05) is 0 Å². The van der Waals surface area contributed by atoms with E-state index in [1.165, 1.54) is 19.4 Å². The first-order chi connectivity index (χ1) is 41.7. The number of aliphatic hydroxyl groups excluding tert-OH is 13. The molecule has 34 unspecified atom stereocenters. The van der Waals surface area contributed by atoms with Gasteiger partial charge in [0, 0.05) is 0 Å². The van der Waals surface area contributed by atoms with Gasteiger partial charge in [0.2, 0.25) is 0 Å². The van der Waals surface area contributed by atoms with Gasteiger partial charge in [-0.25, -0.2) is 0 Å². The van der Waals surface area contributed by atoms with Crippen LogP contribution in [0.3, 0.4) is 0 Å². The summed E-state index contributed by atoms with van der Waals surface area (Å²) in [6.45, 7) is 17.4. The summed E-state index contributed by atoms with van der Waals surface area (Å²) < 4.78 is 70.8. The van der Waals surface area contributed by atoms with Crippen LogP contribution in [0.15, 0.2) is 11.6 Å². The molecule has 89 heavy (non-hydrogen) atoms. The lowest BCUT2D eigenvalue weighted by atomic mass is 9.33. The maximum atomic E-state index is 13.2. The van der Waals surface area contributed by atoms with Crippen molar-refractivity contribution in [3.05, 3.63) is 11.6 Å². The van der Waals surface area contributed by atoms with E-state index in [0.29, 0.717) is 25.2 Å². The number of carbonyl (C=O) groups is 1. The number of allylic oxidation sites excluding steroid dienone is 2. The third-order valence-electron chi connectivity index (χ3n) is 24.1. The summed E-state index contributed by atoms with van der Waals surface area (Å²) in [6, 6.07) is 0. The van der Waals surface area contributed by atoms with E-state index in [0.717, 1.165) is 44.9 Å². The van der Waals surface area contributed by atoms with Gasteiger partial charge in [0.25, 0.3) is 0 Å². The van der Waals surface area contributed by atoms with Crippen LogP contribution in [-0.2, 0) is 61.6 Å². The smallest absolute Gasteiger partial charge is 0.310 e. The molecule has 4 saturated carbocycles.